The number of halogens is 1. The van der Waals surface area contributed by atoms with Gasteiger partial charge in [-0.15, -0.1) is 11.3 Å². The van der Waals surface area contributed by atoms with Crippen molar-refractivity contribution in [2.24, 2.45) is 0 Å². The van der Waals surface area contributed by atoms with E-state index in [0.29, 0.717) is 37.9 Å². The molecule has 6 nitrogen and oxygen atoms in total. The van der Waals surface area contributed by atoms with Crippen molar-refractivity contribution in [3.8, 4) is 22.5 Å². The molecule has 178 valence electrons. The molecule has 0 aliphatic rings. The highest BCUT2D eigenvalue weighted by Crippen LogP contribution is 2.31. The zero-order chi connectivity index (χ0) is 25.1. The number of thiazole rings is 1. The third-order valence-corrected chi connectivity index (χ3v) is 6.59. The van der Waals surface area contributed by atoms with Crippen LogP contribution in [0.3, 0.4) is 0 Å². The molecule has 0 bridgehead atoms. The molecule has 0 spiro atoms. The Morgan fingerprint density at radius 2 is 1.69 bits per heavy atom. The van der Waals surface area contributed by atoms with Gasteiger partial charge < -0.3 is 4.74 Å². The summed E-state index contributed by atoms with van der Waals surface area (Å²) in [5.41, 5.74) is 4.79. The molecule has 2 aromatic heterocycles. The predicted molar refractivity (Wildman–Crippen MR) is 143 cm³/mol. The Morgan fingerprint density at radius 1 is 0.944 bits per heavy atom. The number of carbonyl (C=O) groups excluding carboxylic acids is 2. The summed E-state index contributed by atoms with van der Waals surface area (Å²) in [5.74, 6) is -1.07. The lowest BCUT2D eigenvalue weighted by molar-refractivity contribution is -0.119. The van der Waals surface area contributed by atoms with E-state index in [9.17, 15) is 9.59 Å². The number of fused-ring (bicyclic) bond motifs is 1. The highest BCUT2D eigenvalue weighted by Gasteiger charge is 2.21. The number of para-hydroxylation sites is 1. The second-order valence-corrected chi connectivity index (χ2v) is 9.31. The first-order chi connectivity index (χ1) is 17.5. The van der Waals surface area contributed by atoms with Crippen LogP contribution in [-0.4, -0.2) is 28.5 Å². The van der Waals surface area contributed by atoms with Crippen molar-refractivity contribution in [3.05, 3.63) is 100 Å². The number of aromatic nitrogens is 2. The number of nitrogens with zero attached hydrogens (tertiary/aromatic N) is 2. The summed E-state index contributed by atoms with van der Waals surface area (Å²) >= 11 is 7.49. The molecule has 0 aliphatic heterocycles. The molecule has 0 fully saturated rings. The third kappa shape index (κ3) is 4.98. The maximum absolute atomic E-state index is 13.2. The Morgan fingerprint density at radius 3 is 2.50 bits per heavy atom. The van der Waals surface area contributed by atoms with E-state index in [1.165, 1.54) is 11.3 Å². The van der Waals surface area contributed by atoms with Crippen LogP contribution in [0, 0.1) is 6.92 Å². The average molecular weight is 514 g/mol. The van der Waals surface area contributed by atoms with Crippen molar-refractivity contribution in [2.75, 3.05) is 11.9 Å². The Balaban J connectivity index is 1.35. The predicted octanol–water partition coefficient (Wildman–Crippen LogP) is 6.78. The van der Waals surface area contributed by atoms with Gasteiger partial charge >= 0.3 is 5.97 Å². The van der Waals surface area contributed by atoms with E-state index in [1.807, 2.05) is 79.0 Å². The largest absolute Gasteiger partial charge is 0.452 e. The number of ether oxygens (including phenoxy) is 1. The molecule has 0 saturated carbocycles. The number of hydrogen-bond acceptors (Lipinski definition) is 6. The van der Waals surface area contributed by atoms with Crippen molar-refractivity contribution in [2.45, 2.75) is 6.92 Å². The minimum atomic E-state index is -0.603. The standard InChI is InChI=1S/C28H20ClN3O3S/c1-17-25(21-12-5-6-13-22(21)30-26(17)19-10-7-11-20(29)14-19)27(34)35-15-24(33)32-28-31-23(16-36-28)18-8-3-2-4-9-18/h2-14,16H,15H2,1H3,(H,31,32,33). The molecule has 0 aliphatic carbocycles. The maximum Gasteiger partial charge on any atom is 0.339 e. The smallest absolute Gasteiger partial charge is 0.339 e. The van der Waals surface area contributed by atoms with Gasteiger partial charge in [-0.05, 0) is 30.7 Å². The highest BCUT2D eigenvalue weighted by atomic mass is 35.5. The van der Waals surface area contributed by atoms with E-state index in [-0.39, 0.29) is 0 Å². The number of carbonyl (C=O) groups is 2. The normalized spacial score (nSPS) is 10.8. The number of pyridine rings is 1. The quantitative estimate of drug-likeness (QED) is 0.253. The number of hydrogen-bond donors (Lipinski definition) is 1. The van der Waals surface area contributed by atoms with Gasteiger partial charge in [0.05, 0.1) is 22.5 Å². The molecule has 1 amide bonds. The van der Waals surface area contributed by atoms with Crippen molar-refractivity contribution < 1.29 is 14.3 Å². The molecule has 3 aromatic carbocycles. The van der Waals surface area contributed by atoms with Crippen molar-refractivity contribution in [1.29, 1.82) is 0 Å². The van der Waals surface area contributed by atoms with E-state index >= 15 is 0 Å². The third-order valence-electron chi connectivity index (χ3n) is 5.59. The van der Waals surface area contributed by atoms with E-state index in [1.54, 1.807) is 12.1 Å². The van der Waals surface area contributed by atoms with E-state index in [2.05, 4.69) is 10.3 Å². The van der Waals surface area contributed by atoms with Crippen LogP contribution in [0.15, 0.2) is 84.2 Å². The lowest BCUT2D eigenvalue weighted by atomic mass is 9.98. The Labute approximate surface area is 216 Å². The summed E-state index contributed by atoms with van der Waals surface area (Å²) < 4.78 is 5.43. The minimum absolute atomic E-state index is 0.365. The number of rotatable bonds is 6. The van der Waals surface area contributed by atoms with Gasteiger partial charge in [-0.25, -0.2) is 14.8 Å². The summed E-state index contributed by atoms with van der Waals surface area (Å²) in [4.78, 5) is 34.9. The van der Waals surface area contributed by atoms with Crippen LogP contribution in [0.2, 0.25) is 5.02 Å². The fourth-order valence-corrected chi connectivity index (χ4v) is 4.84. The fourth-order valence-electron chi connectivity index (χ4n) is 3.92. The minimum Gasteiger partial charge on any atom is -0.452 e. The van der Waals surface area contributed by atoms with Gasteiger partial charge in [-0.1, -0.05) is 72.3 Å². The highest BCUT2D eigenvalue weighted by molar-refractivity contribution is 7.14. The Bertz CT molecular complexity index is 1580. The number of amides is 1. The van der Waals surface area contributed by atoms with E-state index < -0.39 is 18.5 Å². The van der Waals surface area contributed by atoms with Gasteiger partial charge in [-0.3, -0.25) is 10.1 Å². The molecule has 1 N–H and O–H groups in total. The first kappa shape index (κ1) is 23.7. The Hall–Kier alpha value is -4.07. The van der Waals surface area contributed by atoms with E-state index in [4.69, 9.17) is 21.3 Å². The first-order valence-electron chi connectivity index (χ1n) is 11.1. The summed E-state index contributed by atoms with van der Waals surface area (Å²) in [7, 11) is 0. The second kappa shape index (κ2) is 10.3. The van der Waals surface area contributed by atoms with Crippen LogP contribution >= 0.6 is 22.9 Å². The van der Waals surface area contributed by atoms with Crippen LogP contribution in [0.5, 0.6) is 0 Å². The molecule has 0 unspecified atom stereocenters. The zero-order valence-corrected chi connectivity index (χ0v) is 20.8. The molecule has 36 heavy (non-hydrogen) atoms. The van der Waals surface area contributed by atoms with Crippen LogP contribution in [0.1, 0.15) is 15.9 Å². The van der Waals surface area contributed by atoms with Gasteiger partial charge in [0.2, 0.25) is 0 Å². The molecular weight excluding hydrogens is 494 g/mol. The Kier molecular flexibility index (Phi) is 6.75. The summed E-state index contributed by atoms with van der Waals surface area (Å²) in [5, 5.41) is 6.22. The molecule has 0 atom stereocenters. The van der Waals surface area contributed by atoms with Gasteiger partial charge in [0, 0.05) is 26.9 Å². The van der Waals surface area contributed by atoms with Crippen LogP contribution in [0.25, 0.3) is 33.4 Å². The maximum atomic E-state index is 13.2. The molecule has 8 heteroatoms. The fraction of sp³-hybridized carbons (Fsp3) is 0.0714. The van der Waals surface area contributed by atoms with Crippen LogP contribution < -0.4 is 5.32 Å². The molecule has 5 rings (SSSR count). The van der Waals surface area contributed by atoms with Crippen molar-refractivity contribution in [1.82, 2.24) is 9.97 Å². The van der Waals surface area contributed by atoms with Gasteiger partial charge in [0.1, 0.15) is 0 Å². The SMILES string of the molecule is Cc1c(-c2cccc(Cl)c2)nc2ccccc2c1C(=O)OCC(=O)Nc1nc(-c2ccccc2)cs1. The number of nitrogens with one attached hydrogen (secondary N) is 1. The van der Waals surface area contributed by atoms with Crippen LogP contribution in [-0.2, 0) is 9.53 Å². The molecule has 5 aromatic rings. The summed E-state index contributed by atoms with van der Waals surface area (Å²) in [6, 6.07) is 24.3. The second-order valence-electron chi connectivity index (χ2n) is 8.02. The van der Waals surface area contributed by atoms with Crippen molar-refractivity contribution in [3.63, 3.8) is 0 Å². The van der Waals surface area contributed by atoms with Gasteiger partial charge in [0.15, 0.2) is 11.7 Å². The summed E-state index contributed by atoms with van der Waals surface area (Å²) in [6.07, 6.45) is 0. The zero-order valence-electron chi connectivity index (χ0n) is 19.2. The monoisotopic (exact) mass is 513 g/mol. The van der Waals surface area contributed by atoms with Gasteiger partial charge in [-0.2, -0.15) is 0 Å². The lowest BCUT2D eigenvalue weighted by Crippen LogP contribution is -2.21. The molecule has 0 saturated heterocycles. The topological polar surface area (TPSA) is 81.2 Å². The van der Waals surface area contributed by atoms with Crippen molar-refractivity contribution >= 4 is 50.8 Å². The number of anilines is 1. The summed E-state index contributed by atoms with van der Waals surface area (Å²) in [6.45, 7) is 1.37. The lowest BCUT2D eigenvalue weighted by Gasteiger charge is -2.14. The number of benzene rings is 3. The first-order valence-corrected chi connectivity index (χ1v) is 12.4. The molecular formula is C28H20ClN3O3S. The van der Waals surface area contributed by atoms with Gasteiger partial charge in [0.25, 0.3) is 5.91 Å². The molecule has 2 heterocycles. The van der Waals surface area contributed by atoms with E-state index in [0.717, 1.165) is 16.8 Å². The number of esters is 1. The molecule has 0 radical (unpaired) electrons. The van der Waals surface area contributed by atoms with Crippen LogP contribution in [0.4, 0.5) is 5.13 Å². The average Bonchev–Trinajstić information content (AvgIpc) is 3.36.